The summed E-state index contributed by atoms with van der Waals surface area (Å²) in [4.78, 5) is 16.3. The van der Waals surface area contributed by atoms with Crippen LogP contribution in [0, 0.1) is 6.92 Å². The van der Waals surface area contributed by atoms with Gasteiger partial charge in [-0.25, -0.2) is 0 Å². The Morgan fingerprint density at radius 2 is 1.47 bits per heavy atom. The fraction of sp³-hybridized carbons (Fsp3) is 0.156. The van der Waals surface area contributed by atoms with E-state index in [1.165, 1.54) is 16.7 Å². The van der Waals surface area contributed by atoms with Gasteiger partial charge in [-0.1, -0.05) is 109 Å². The third-order valence-electron chi connectivity index (χ3n) is 6.82. The first-order valence-corrected chi connectivity index (χ1v) is 11.9. The summed E-state index contributed by atoms with van der Waals surface area (Å²) >= 11 is 0. The van der Waals surface area contributed by atoms with E-state index < -0.39 is 0 Å². The Kier molecular flexibility index (Phi) is 6.14. The minimum absolute atomic E-state index is 0.0850. The fourth-order valence-corrected chi connectivity index (χ4v) is 4.89. The van der Waals surface area contributed by atoms with Gasteiger partial charge in [-0.05, 0) is 59.2 Å². The number of hydrogen-bond donors (Lipinski definition) is 0. The van der Waals surface area contributed by atoms with E-state index in [1.807, 2.05) is 24.3 Å². The lowest BCUT2D eigenvalue weighted by Gasteiger charge is -2.30. The molecule has 0 spiro atoms. The van der Waals surface area contributed by atoms with E-state index in [4.69, 9.17) is 0 Å². The van der Waals surface area contributed by atoms with Gasteiger partial charge < -0.3 is 4.90 Å². The Morgan fingerprint density at radius 3 is 2.12 bits per heavy atom. The number of aryl methyl sites for hydroxylation is 1. The zero-order valence-corrected chi connectivity index (χ0v) is 19.6. The maximum Gasteiger partial charge on any atom is 0.255 e. The van der Waals surface area contributed by atoms with Crippen molar-refractivity contribution >= 4 is 12.0 Å². The van der Waals surface area contributed by atoms with E-state index in [0.29, 0.717) is 6.54 Å². The molecular formula is C32H29NO. The van der Waals surface area contributed by atoms with Crippen LogP contribution in [-0.2, 0) is 19.4 Å². The zero-order chi connectivity index (χ0) is 23.5. The number of benzene rings is 4. The molecule has 0 N–H and O–H groups in total. The first-order valence-electron chi connectivity index (χ1n) is 11.9. The van der Waals surface area contributed by atoms with Crippen LogP contribution in [0.25, 0.3) is 17.2 Å². The molecule has 5 rings (SSSR count). The van der Waals surface area contributed by atoms with Crippen molar-refractivity contribution < 1.29 is 4.79 Å². The molecule has 0 atom stereocenters. The Hall–Kier alpha value is -3.91. The topological polar surface area (TPSA) is 20.3 Å². The normalized spacial score (nSPS) is 12.9. The van der Waals surface area contributed by atoms with Crippen molar-refractivity contribution in [1.82, 2.24) is 4.90 Å². The Bertz CT molecular complexity index is 1290. The van der Waals surface area contributed by atoms with Gasteiger partial charge in [-0.3, -0.25) is 4.79 Å². The largest absolute Gasteiger partial charge is 0.331 e. The van der Waals surface area contributed by atoms with Crippen LogP contribution in [0.1, 0.15) is 38.2 Å². The molecule has 2 heteroatoms. The van der Waals surface area contributed by atoms with Gasteiger partial charge in [-0.2, -0.15) is 0 Å². The summed E-state index contributed by atoms with van der Waals surface area (Å²) in [5.74, 6) is 0.0850. The van der Waals surface area contributed by atoms with Gasteiger partial charge in [0.1, 0.15) is 0 Å². The molecule has 0 saturated heterocycles. The van der Waals surface area contributed by atoms with Gasteiger partial charge in [0.15, 0.2) is 0 Å². The lowest BCUT2D eigenvalue weighted by Crippen LogP contribution is -2.40. The standard InChI is InChI=1S/C32H29NO/c1-3-24-14-16-25(17-15-24)22-33(29-20-27-8-4-5-9-28(27)21-29)32(34)31-11-7-6-10-30(31)26-18-12-23(2)13-19-26/h3-19,29H,1,20-22H2,2H3. The van der Waals surface area contributed by atoms with E-state index in [-0.39, 0.29) is 11.9 Å². The minimum atomic E-state index is 0.0850. The van der Waals surface area contributed by atoms with Crippen LogP contribution in [0.15, 0.2) is 104 Å². The summed E-state index contributed by atoms with van der Waals surface area (Å²) in [5.41, 5.74) is 8.92. The quantitative estimate of drug-likeness (QED) is 0.311. The van der Waals surface area contributed by atoms with Crippen LogP contribution >= 0.6 is 0 Å². The van der Waals surface area contributed by atoms with E-state index in [0.717, 1.165) is 40.7 Å². The highest BCUT2D eigenvalue weighted by Gasteiger charge is 2.31. The SMILES string of the molecule is C=Cc1ccc(CN(C(=O)c2ccccc2-c2ccc(C)cc2)C2Cc3ccccc3C2)cc1. The van der Waals surface area contributed by atoms with E-state index in [1.54, 1.807) is 0 Å². The van der Waals surface area contributed by atoms with Crippen molar-refractivity contribution in [2.24, 2.45) is 0 Å². The number of rotatable bonds is 6. The highest BCUT2D eigenvalue weighted by Crippen LogP contribution is 2.31. The molecule has 4 aromatic rings. The summed E-state index contributed by atoms with van der Waals surface area (Å²) in [7, 11) is 0. The highest BCUT2D eigenvalue weighted by molar-refractivity contribution is 6.01. The molecule has 0 aromatic heterocycles. The van der Waals surface area contributed by atoms with Gasteiger partial charge in [0.05, 0.1) is 0 Å². The Morgan fingerprint density at radius 1 is 0.853 bits per heavy atom. The predicted molar refractivity (Wildman–Crippen MR) is 141 cm³/mol. The molecule has 4 aromatic carbocycles. The summed E-state index contributed by atoms with van der Waals surface area (Å²) < 4.78 is 0. The third kappa shape index (κ3) is 4.45. The van der Waals surface area contributed by atoms with Crippen LogP contribution in [0.4, 0.5) is 0 Å². The number of nitrogens with zero attached hydrogens (tertiary/aromatic N) is 1. The summed E-state index contributed by atoms with van der Waals surface area (Å²) in [6.07, 6.45) is 3.62. The fourth-order valence-electron chi connectivity index (χ4n) is 4.89. The lowest BCUT2D eigenvalue weighted by molar-refractivity contribution is 0.0668. The van der Waals surface area contributed by atoms with Crippen LogP contribution in [0.3, 0.4) is 0 Å². The number of amides is 1. The van der Waals surface area contributed by atoms with Crippen molar-refractivity contribution in [2.45, 2.75) is 32.4 Å². The van der Waals surface area contributed by atoms with Crippen molar-refractivity contribution in [1.29, 1.82) is 0 Å². The second-order valence-corrected chi connectivity index (χ2v) is 9.12. The molecule has 0 heterocycles. The van der Waals surface area contributed by atoms with Gasteiger partial charge in [-0.15, -0.1) is 0 Å². The van der Waals surface area contributed by atoms with Crippen molar-refractivity contribution in [2.75, 3.05) is 0 Å². The summed E-state index contributed by atoms with van der Waals surface area (Å²) in [6, 6.07) is 33.4. The zero-order valence-electron chi connectivity index (χ0n) is 19.6. The molecule has 1 amide bonds. The molecule has 168 valence electrons. The molecule has 0 saturated carbocycles. The van der Waals surface area contributed by atoms with E-state index in [2.05, 4.69) is 97.3 Å². The molecule has 0 bridgehead atoms. The van der Waals surface area contributed by atoms with Crippen molar-refractivity contribution in [3.05, 3.63) is 137 Å². The minimum Gasteiger partial charge on any atom is -0.331 e. The average Bonchev–Trinajstić information content (AvgIpc) is 3.32. The second-order valence-electron chi connectivity index (χ2n) is 9.12. The van der Waals surface area contributed by atoms with Crippen LogP contribution in [-0.4, -0.2) is 16.8 Å². The molecule has 0 fully saturated rings. The third-order valence-corrected chi connectivity index (χ3v) is 6.82. The van der Waals surface area contributed by atoms with Crippen LogP contribution in [0.2, 0.25) is 0 Å². The summed E-state index contributed by atoms with van der Waals surface area (Å²) in [6.45, 7) is 6.52. The number of fused-ring (bicyclic) bond motifs is 1. The van der Waals surface area contributed by atoms with Gasteiger partial charge in [0, 0.05) is 18.2 Å². The Labute approximate surface area is 202 Å². The summed E-state index contributed by atoms with van der Waals surface area (Å²) in [5, 5.41) is 0. The Balaban J connectivity index is 1.52. The number of carbonyl (C=O) groups is 1. The molecule has 2 nitrogen and oxygen atoms in total. The maximum absolute atomic E-state index is 14.2. The van der Waals surface area contributed by atoms with Crippen molar-refractivity contribution in [3.63, 3.8) is 0 Å². The molecule has 1 aliphatic carbocycles. The van der Waals surface area contributed by atoms with Crippen molar-refractivity contribution in [3.8, 4) is 11.1 Å². The lowest BCUT2D eigenvalue weighted by atomic mass is 9.97. The molecule has 1 aliphatic rings. The van der Waals surface area contributed by atoms with Gasteiger partial charge in [0.2, 0.25) is 0 Å². The van der Waals surface area contributed by atoms with Crippen LogP contribution < -0.4 is 0 Å². The first-order chi connectivity index (χ1) is 16.6. The highest BCUT2D eigenvalue weighted by atomic mass is 16.2. The number of carbonyl (C=O) groups excluding carboxylic acids is 1. The molecule has 0 aliphatic heterocycles. The predicted octanol–water partition coefficient (Wildman–Crippen LogP) is 7.11. The molecule has 0 unspecified atom stereocenters. The van der Waals surface area contributed by atoms with Gasteiger partial charge >= 0.3 is 0 Å². The first kappa shape index (κ1) is 21.9. The average molecular weight is 444 g/mol. The van der Waals surface area contributed by atoms with Gasteiger partial charge in [0.25, 0.3) is 5.91 Å². The number of hydrogen-bond acceptors (Lipinski definition) is 1. The van der Waals surface area contributed by atoms with Crippen LogP contribution in [0.5, 0.6) is 0 Å². The van der Waals surface area contributed by atoms with E-state index in [9.17, 15) is 4.79 Å². The van der Waals surface area contributed by atoms with E-state index >= 15 is 0 Å². The molecular weight excluding hydrogens is 414 g/mol. The second kappa shape index (κ2) is 9.52. The molecule has 34 heavy (non-hydrogen) atoms. The maximum atomic E-state index is 14.2. The monoisotopic (exact) mass is 443 g/mol. The molecule has 0 radical (unpaired) electrons. The smallest absolute Gasteiger partial charge is 0.255 e.